The van der Waals surface area contributed by atoms with E-state index in [4.69, 9.17) is 11.6 Å². The number of hydrogen-bond acceptors (Lipinski definition) is 6. The molecule has 162 valence electrons. The zero-order valence-corrected chi connectivity index (χ0v) is 18.2. The predicted molar refractivity (Wildman–Crippen MR) is 119 cm³/mol. The standard InChI is InChI=1S/C22H26ClN7O/c23-19-13-17(3-4-18(19)15-27-7-1-2-8-27)14-22(31)29-11-9-28(10-12-29)21-6-5-20-25-24-16-30(20)26-21/h3-6,13,16H,1-2,7-12,14-15H2. The van der Waals surface area contributed by atoms with Crippen molar-refractivity contribution in [1.82, 2.24) is 29.6 Å². The Labute approximate surface area is 186 Å². The number of likely N-dealkylation sites (tertiary alicyclic amines) is 1. The number of benzene rings is 1. The smallest absolute Gasteiger partial charge is 0.227 e. The van der Waals surface area contributed by atoms with Crippen molar-refractivity contribution in [3.8, 4) is 0 Å². The molecule has 4 heterocycles. The quantitative estimate of drug-likeness (QED) is 0.607. The van der Waals surface area contributed by atoms with Gasteiger partial charge >= 0.3 is 0 Å². The van der Waals surface area contributed by atoms with Gasteiger partial charge in [-0.05, 0) is 55.3 Å². The van der Waals surface area contributed by atoms with Crippen LogP contribution in [0.1, 0.15) is 24.0 Å². The van der Waals surface area contributed by atoms with Crippen LogP contribution in [-0.2, 0) is 17.8 Å². The van der Waals surface area contributed by atoms with Gasteiger partial charge in [0.15, 0.2) is 5.65 Å². The van der Waals surface area contributed by atoms with E-state index in [0.29, 0.717) is 19.5 Å². The molecule has 0 N–H and O–H groups in total. The molecule has 2 aliphatic heterocycles. The monoisotopic (exact) mass is 439 g/mol. The first kappa shape index (κ1) is 20.2. The molecule has 3 aromatic rings. The first-order valence-electron chi connectivity index (χ1n) is 10.9. The molecule has 0 bridgehead atoms. The Morgan fingerprint density at radius 3 is 2.58 bits per heavy atom. The van der Waals surface area contributed by atoms with Crippen molar-refractivity contribution in [1.29, 1.82) is 0 Å². The number of carbonyl (C=O) groups is 1. The number of halogens is 1. The third-order valence-corrected chi connectivity index (χ3v) is 6.52. The summed E-state index contributed by atoms with van der Waals surface area (Å²) in [5, 5.41) is 13.2. The maximum atomic E-state index is 12.8. The van der Waals surface area contributed by atoms with Crippen molar-refractivity contribution >= 4 is 29.0 Å². The second-order valence-corrected chi connectivity index (χ2v) is 8.69. The van der Waals surface area contributed by atoms with Crippen LogP contribution in [-0.4, -0.2) is 74.8 Å². The van der Waals surface area contributed by atoms with Crippen LogP contribution in [0, 0.1) is 0 Å². The van der Waals surface area contributed by atoms with E-state index >= 15 is 0 Å². The fourth-order valence-corrected chi connectivity index (χ4v) is 4.63. The van der Waals surface area contributed by atoms with Gasteiger partial charge in [0.2, 0.25) is 5.91 Å². The Kier molecular flexibility index (Phi) is 5.74. The molecule has 1 aromatic carbocycles. The van der Waals surface area contributed by atoms with Crippen LogP contribution in [0.2, 0.25) is 5.02 Å². The van der Waals surface area contributed by atoms with E-state index in [0.717, 1.165) is 60.3 Å². The average molecular weight is 440 g/mol. The van der Waals surface area contributed by atoms with Crippen molar-refractivity contribution in [3.05, 3.63) is 52.8 Å². The van der Waals surface area contributed by atoms with E-state index in [-0.39, 0.29) is 5.91 Å². The van der Waals surface area contributed by atoms with E-state index in [1.807, 2.05) is 29.2 Å². The summed E-state index contributed by atoms with van der Waals surface area (Å²) >= 11 is 6.52. The van der Waals surface area contributed by atoms with Gasteiger partial charge < -0.3 is 9.80 Å². The number of piperazine rings is 1. The number of anilines is 1. The minimum Gasteiger partial charge on any atom is -0.352 e. The first-order chi connectivity index (χ1) is 15.2. The Morgan fingerprint density at radius 2 is 1.81 bits per heavy atom. The van der Waals surface area contributed by atoms with E-state index in [1.165, 1.54) is 12.8 Å². The highest BCUT2D eigenvalue weighted by atomic mass is 35.5. The van der Waals surface area contributed by atoms with Crippen molar-refractivity contribution in [3.63, 3.8) is 0 Å². The highest BCUT2D eigenvalue weighted by molar-refractivity contribution is 6.31. The van der Waals surface area contributed by atoms with E-state index < -0.39 is 0 Å². The third kappa shape index (κ3) is 4.50. The molecule has 9 heteroatoms. The predicted octanol–water partition coefficient (Wildman–Crippen LogP) is 2.26. The van der Waals surface area contributed by atoms with Crippen LogP contribution in [0.15, 0.2) is 36.7 Å². The molecule has 2 fully saturated rings. The topological polar surface area (TPSA) is 69.9 Å². The second kappa shape index (κ2) is 8.80. The molecule has 0 unspecified atom stereocenters. The summed E-state index contributed by atoms with van der Waals surface area (Å²) in [7, 11) is 0. The van der Waals surface area contributed by atoms with Gasteiger partial charge in [-0.3, -0.25) is 9.69 Å². The fourth-order valence-electron chi connectivity index (χ4n) is 4.37. The van der Waals surface area contributed by atoms with E-state index in [9.17, 15) is 4.79 Å². The maximum Gasteiger partial charge on any atom is 0.227 e. The summed E-state index contributed by atoms with van der Waals surface area (Å²) in [6, 6.07) is 9.94. The molecule has 0 radical (unpaired) electrons. The summed E-state index contributed by atoms with van der Waals surface area (Å²) in [5.74, 6) is 1.02. The van der Waals surface area contributed by atoms with Gasteiger partial charge in [-0.1, -0.05) is 23.7 Å². The fraction of sp³-hybridized carbons (Fsp3) is 0.455. The Morgan fingerprint density at radius 1 is 1.00 bits per heavy atom. The molecule has 8 nitrogen and oxygen atoms in total. The second-order valence-electron chi connectivity index (χ2n) is 8.28. The Balaban J connectivity index is 1.16. The minimum absolute atomic E-state index is 0.144. The van der Waals surface area contributed by atoms with Crippen molar-refractivity contribution < 1.29 is 4.79 Å². The van der Waals surface area contributed by atoms with Crippen LogP contribution in [0.25, 0.3) is 5.65 Å². The molecule has 2 saturated heterocycles. The van der Waals surface area contributed by atoms with Gasteiger partial charge in [0.05, 0.1) is 6.42 Å². The number of hydrogen-bond donors (Lipinski definition) is 0. The third-order valence-electron chi connectivity index (χ3n) is 6.17. The lowest BCUT2D eigenvalue weighted by molar-refractivity contribution is -0.130. The van der Waals surface area contributed by atoms with Crippen LogP contribution in [0.5, 0.6) is 0 Å². The molecular weight excluding hydrogens is 414 g/mol. The van der Waals surface area contributed by atoms with E-state index in [2.05, 4.69) is 31.2 Å². The number of amides is 1. The molecule has 0 atom stereocenters. The lowest BCUT2D eigenvalue weighted by atomic mass is 10.1. The van der Waals surface area contributed by atoms with Crippen LogP contribution < -0.4 is 4.90 Å². The summed E-state index contributed by atoms with van der Waals surface area (Å²) < 4.78 is 1.67. The maximum absolute atomic E-state index is 12.8. The van der Waals surface area contributed by atoms with Gasteiger partial charge in [-0.2, -0.15) is 4.52 Å². The molecule has 2 aliphatic rings. The van der Waals surface area contributed by atoms with Crippen molar-refractivity contribution in [2.24, 2.45) is 0 Å². The van der Waals surface area contributed by atoms with E-state index in [1.54, 1.807) is 10.8 Å². The average Bonchev–Trinajstić information content (AvgIpc) is 3.47. The molecule has 0 aliphatic carbocycles. The zero-order valence-electron chi connectivity index (χ0n) is 17.5. The molecule has 0 saturated carbocycles. The number of aromatic nitrogens is 4. The number of fused-ring (bicyclic) bond motifs is 1. The molecular formula is C22H26ClN7O. The van der Waals surface area contributed by atoms with Crippen LogP contribution in [0.4, 0.5) is 5.82 Å². The molecule has 5 rings (SSSR count). The highest BCUT2D eigenvalue weighted by Gasteiger charge is 2.23. The SMILES string of the molecule is O=C(Cc1ccc(CN2CCCC2)c(Cl)c1)N1CCN(c2ccc3nncn3n2)CC1. The van der Waals surface area contributed by atoms with Crippen LogP contribution >= 0.6 is 11.6 Å². The van der Waals surface area contributed by atoms with Gasteiger partial charge in [0, 0.05) is 37.7 Å². The number of rotatable bonds is 5. The number of nitrogens with zero attached hydrogens (tertiary/aromatic N) is 7. The zero-order chi connectivity index (χ0) is 21.2. The Hall–Kier alpha value is -2.71. The summed E-state index contributed by atoms with van der Waals surface area (Å²) in [6.45, 7) is 6.05. The molecule has 1 amide bonds. The first-order valence-corrected chi connectivity index (χ1v) is 11.2. The highest BCUT2D eigenvalue weighted by Crippen LogP contribution is 2.22. The van der Waals surface area contributed by atoms with Gasteiger partial charge in [-0.25, -0.2) is 0 Å². The largest absolute Gasteiger partial charge is 0.352 e. The van der Waals surface area contributed by atoms with Crippen LogP contribution in [0.3, 0.4) is 0 Å². The van der Waals surface area contributed by atoms with Gasteiger partial charge in [0.1, 0.15) is 12.1 Å². The summed E-state index contributed by atoms with van der Waals surface area (Å²) in [4.78, 5) is 19.4. The van der Waals surface area contributed by atoms with Gasteiger partial charge in [-0.15, -0.1) is 15.3 Å². The molecule has 31 heavy (non-hydrogen) atoms. The lowest BCUT2D eigenvalue weighted by Gasteiger charge is -2.35. The molecule has 0 spiro atoms. The lowest BCUT2D eigenvalue weighted by Crippen LogP contribution is -2.49. The van der Waals surface area contributed by atoms with Crippen molar-refractivity contribution in [2.45, 2.75) is 25.8 Å². The minimum atomic E-state index is 0.144. The van der Waals surface area contributed by atoms with Gasteiger partial charge in [0.25, 0.3) is 0 Å². The number of carbonyl (C=O) groups excluding carboxylic acids is 1. The van der Waals surface area contributed by atoms with Crippen molar-refractivity contribution in [2.75, 3.05) is 44.2 Å². The summed E-state index contributed by atoms with van der Waals surface area (Å²) in [5.41, 5.74) is 2.84. The Bertz CT molecular complexity index is 1070. The summed E-state index contributed by atoms with van der Waals surface area (Å²) in [6.07, 6.45) is 4.51. The molecule has 2 aromatic heterocycles. The normalized spacial score (nSPS) is 17.6.